The Hall–Kier alpha value is -2.89. The van der Waals surface area contributed by atoms with E-state index in [2.05, 4.69) is 15.2 Å². The number of nitrogens with zero attached hydrogens (tertiary/aromatic N) is 2. The van der Waals surface area contributed by atoms with Crippen molar-refractivity contribution in [3.8, 4) is 22.5 Å². The van der Waals surface area contributed by atoms with Gasteiger partial charge in [0.25, 0.3) is 0 Å². The van der Waals surface area contributed by atoms with Crippen molar-refractivity contribution in [3.63, 3.8) is 0 Å². The Morgan fingerprint density at radius 1 is 1.07 bits per heavy atom. The van der Waals surface area contributed by atoms with Crippen LogP contribution in [0.15, 0.2) is 54.6 Å². The van der Waals surface area contributed by atoms with Gasteiger partial charge in [0.2, 0.25) is 0 Å². The minimum Gasteiger partial charge on any atom is -0.462 e. The fraction of sp³-hybridized carbons (Fsp3) is 0.0952. The maximum absolute atomic E-state index is 11.8. The van der Waals surface area contributed by atoms with Gasteiger partial charge in [-0.3, -0.25) is 5.10 Å². The fourth-order valence-electron chi connectivity index (χ4n) is 2.95. The summed E-state index contributed by atoms with van der Waals surface area (Å²) in [5.41, 5.74) is 4.31. The minimum atomic E-state index is -0.339. The molecule has 0 radical (unpaired) electrons. The predicted octanol–water partition coefficient (Wildman–Crippen LogP) is 5.78. The van der Waals surface area contributed by atoms with E-state index >= 15 is 0 Å². The minimum absolute atomic E-state index is 0.339. The topological polar surface area (TPSA) is 67.9 Å². The number of H-pyrrole nitrogens is 1. The highest BCUT2D eigenvalue weighted by Crippen LogP contribution is 2.33. The van der Waals surface area contributed by atoms with Gasteiger partial charge in [0.05, 0.1) is 28.6 Å². The van der Waals surface area contributed by atoms with Gasteiger partial charge in [0.1, 0.15) is 0 Å². The number of benzene rings is 2. The van der Waals surface area contributed by atoms with E-state index in [9.17, 15) is 4.79 Å². The highest BCUT2D eigenvalue weighted by Gasteiger charge is 2.14. The van der Waals surface area contributed by atoms with Gasteiger partial charge in [0, 0.05) is 21.5 Å². The van der Waals surface area contributed by atoms with Crippen LogP contribution >= 0.6 is 23.2 Å². The molecule has 5 nitrogen and oxygen atoms in total. The van der Waals surface area contributed by atoms with Crippen LogP contribution in [0.2, 0.25) is 10.0 Å². The SMILES string of the molecule is CCOC(=O)c1ccc(-c2ccc3c(-c4ccc(Cl)cc4Cl)[nH]nc3n2)cc1. The monoisotopic (exact) mass is 411 g/mol. The number of hydrogen-bond acceptors (Lipinski definition) is 4. The summed E-state index contributed by atoms with van der Waals surface area (Å²) in [7, 11) is 0. The molecule has 0 fully saturated rings. The molecule has 0 saturated heterocycles. The van der Waals surface area contributed by atoms with E-state index < -0.39 is 0 Å². The van der Waals surface area contributed by atoms with E-state index in [-0.39, 0.29) is 5.97 Å². The smallest absolute Gasteiger partial charge is 0.338 e. The van der Waals surface area contributed by atoms with Crippen LogP contribution in [0.4, 0.5) is 0 Å². The summed E-state index contributed by atoms with van der Waals surface area (Å²) in [4.78, 5) is 16.4. The first-order valence-electron chi connectivity index (χ1n) is 8.65. The van der Waals surface area contributed by atoms with Gasteiger partial charge in [0.15, 0.2) is 5.65 Å². The fourth-order valence-corrected chi connectivity index (χ4v) is 3.45. The van der Waals surface area contributed by atoms with Gasteiger partial charge in [-0.15, -0.1) is 0 Å². The van der Waals surface area contributed by atoms with Gasteiger partial charge in [-0.2, -0.15) is 5.10 Å². The van der Waals surface area contributed by atoms with Gasteiger partial charge in [-0.25, -0.2) is 9.78 Å². The summed E-state index contributed by atoms with van der Waals surface area (Å²) in [6.45, 7) is 2.12. The van der Waals surface area contributed by atoms with E-state index in [1.807, 2.05) is 30.3 Å². The summed E-state index contributed by atoms with van der Waals surface area (Å²) in [5.74, 6) is -0.339. The van der Waals surface area contributed by atoms with Gasteiger partial charge in [-0.05, 0) is 49.4 Å². The van der Waals surface area contributed by atoms with Crippen molar-refractivity contribution >= 4 is 40.2 Å². The number of pyridine rings is 1. The highest BCUT2D eigenvalue weighted by atomic mass is 35.5. The van der Waals surface area contributed by atoms with Crippen molar-refractivity contribution < 1.29 is 9.53 Å². The third-order valence-corrected chi connectivity index (χ3v) is 4.86. The first-order chi connectivity index (χ1) is 13.6. The van der Waals surface area contributed by atoms with Crippen LogP contribution in [0.5, 0.6) is 0 Å². The van der Waals surface area contributed by atoms with Gasteiger partial charge < -0.3 is 4.74 Å². The van der Waals surface area contributed by atoms with Gasteiger partial charge >= 0.3 is 5.97 Å². The number of aromatic nitrogens is 3. The Labute approximate surface area is 171 Å². The molecule has 0 aliphatic rings. The average Bonchev–Trinajstić information content (AvgIpc) is 3.11. The van der Waals surface area contributed by atoms with Crippen LogP contribution in [0.1, 0.15) is 17.3 Å². The van der Waals surface area contributed by atoms with Crippen molar-refractivity contribution in [1.29, 1.82) is 0 Å². The lowest BCUT2D eigenvalue weighted by atomic mass is 10.1. The number of aromatic amines is 1. The van der Waals surface area contributed by atoms with Gasteiger partial charge in [-0.1, -0.05) is 35.3 Å². The maximum atomic E-state index is 11.8. The van der Waals surface area contributed by atoms with E-state index in [1.165, 1.54) is 0 Å². The lowest BCUT2D eigenvalue weighted by Crippen LogP contribution is -2.04. The molecule has 0 saturated carbocycles. The molecule has 4 rings (SSSR count). The summed E-state index contributed by atoms with van der Waals surface area (Å²) < 4.78 is 5.01. The standard InChI is InChI=1S/C21H15Cl2N3O2/c1-2-28-21(27)13-5-3-12(4-6-13)18-10-9-16-19(25-26-20(16)24-18)15-8-7-14(22)11-17(15)23/h3-11H,2H2,1H3,(H,24,25,26). The third kappa shape index (κ3) is 3.46. The van der Waals surface area contributed by atoms with Crippen molar-refractivity contribution in [2.75, 3.05) is 6.61 Å². The molecule has 0 atom stereocenters. The normalized spacial score (nSPS) is 11.0. The number of esters is 1. The van der Waals surface area contributed by atoms with E-state index in [0.717, 1.165) is 27.9 Å². The maximum Gasteiger partial charge on any atom is 0.338 e. The van der Waals surface area contributed by atoms with Crippen molar-refractivity contribution in [2.24, 2.45) is 0 Å². The molecule has 0 spiro atoms. The van der Waals surface area contributed by atoms with Crippen LogP contribution < -0.4 is 0 Å². The van der Waals surface area contributed by atoms with Crippen LogP contribution in [0, 0.1) is 0 Å². The van der Waals surface area contributed by atoms with Crippen LogP contribution in [0.25, 0.3) is 33.5 Å². The zero-order valence-corrected chi connectivity index (χ0v) is 16.4. The van der Waals surface area contributed by atoms with Crippen LogP contribution in [-0.2, 0) is 4.74 Å². The lowest BCUT2D eigenvalue weighted by Gasteiger charge is -2.05. The molecule has 0 unspecified atom stereocenters. The molecule has 28 heavy (non-hydrogen) atoms. The summed E-state index contributed by atoms with van der Waals surface area (Å²) in [6, 6.07) is 16.3. The summed E-state index contributed by atoms with van der Waals surface area (Å²) in [5, 5.41) is 9.29. The largest absolute Gasteiger partial charge is 0.462 e. The Balaban J connectivity index is 1.69. The number of ether oxygens (including phenoxy) is 1. The molecular weight excluding hydrogens is 397 g/mol. The second kappa shape index (κ2) is 7.62. The first kappa shape index (κ1) is 18.5. The number of carbonyl (C=O) groups is 1. The lowest BCUT2D eigenvalue weighted by molar-refractivity contribution is 0.0526. The summed E-state index contributed by atoms with van der Waals surface area (Å²) in [6.07, 6.45) is 0. The number of halogens is 2. The van der Waals surface area contributed by atoms with E-state index in [4.69, 9.17) is 27.9 Å². The second-order valence-electron chi connectivity index (χ2n) is 6.09. The summed E-state index contributed by atoms with van der Waals surface area (Å²) >= 11 is 12.3. The van der Waals surface area contributed by atoms with E-state index in [0.29, 0.717) is 27.9 Å². The molecule has 2 aromatic heterocycles. The number of nitrogens with one attached hydrogen (secondary N) is 1. The Morgan fingerprint density at radius 3 is 2.57 bits per heavy atom. The number of fused-ring (bicyclic) bond motifs is 1. The molecule has 7 heteroatoms. The Kier molecular flexibility index (Phi) is 5.03. The molecule has 1 N–H and O–H groups in total. The molecule has 2 heterocycles. The molecule has 0 bridgehead atoms. The zero-order chi connectivity index (χ0) is 19.7. The zero-order valence-electron chi connectivity index (χ0n) is 14.9. The molecular formula is C21H15Cl2N3O2. The molecule has 140 valence electrons. The number of hydrogen-bond donors (Lipinski definition) is 1. The molecule has 4 aromatic rings. The predicted molar refractivity (Wildman–Crippen MR) is 111 cm³/mol. The number of rotatable bonds is 4. The molecule has 2 aromatic carbocycles. The van der Waals surface area contributed by atoms with Crippen LogP contribution in [-0.4, -0.2) is 27.8 Å². The average molecular weight is 412 g/mol. The second-order valence-corrected chi connectivity index (χ2v) is 6.93. The number of carbonyl (C=O) groups excluding carboxylic acids is 1. The Bertz CT molecular complexity index is 1170. The van der Waals surface area contributed by atoms with Crippen LogP contribution in [0.3, 0.4) is 0 Å². The first-order valence-corrected chi connectivity index (χ1v) is 9.40. The van der Waals surface area contributed by atoms with Crippen molar-refractivity contribution in [1.82, 2.24) is 15.2 Å². The van der Waals surface area contributed by atoms with Crippen molar-refractivity contribution in [2.45, 2.75) is 6.92 Å². The molecule has 0 amide bonds. The van der Waals surface area contributed by atoms with E-state index in [1.54, 1.807) is 31.2 Å². The Morgan fingerprint density at radius 2 is 1.86 bits per heavy atom. The highest BCUT2D eigenvalue weighted by molar-refractivity contribution is 6.36. The molecule has 0 aliphatic carbocycles. The van der Waals surface area contributed by atoms with Crippen molar-refractivity contribution in [3.05, 3.63) is 70.2 Å². The quantitative estimate of drug-likeness (QED) is 0.432. The third-order valence-electron chi connectivity index (χ3n) is 4.31. The molecule has 0 aliphatic heterocycles.